The molecule has 1 heterocycles. The Morgan fingerprint density at radius 3 is 2.65 bits per heavy atom. The number of hydrogen-bond donors (Lipinski definition) is 2. The molecule has 0 atom stereocenters. The third-order valence-corrected chi connectivity index (χ3v) is 5.12. The molecular formula is C22H23N3O. The maximum Gasteiger partial charge on any atom is 0.227 e. The normalized spacial score (nSPS) is 15.5. The number of fused-ring (bicyclic) bond motifs is 1. The van der Waals surface area contributed by atoms with Crippen LogP contribution in [0.25, 0.3) is 23.1 Å². The van der Waals surface area contributed by atoms with Gasteiger partial charge in [0, 0.05) is 17.0 Å². The van der Waals surface area contributed by atoms with Crippen molar-refractivity contribution >= 4 is 34.6 Å². The number of carbonyl (C=O) groups is 1. The minimum absolute atomic E-state index is 0.149. The first-order chi connectivity index (χ1) is 12.8. The molecule has 4 nitrogen and oxygen atoms in total. The fourth-order valence-corrected chi connectivity index (χ4v) is 3.64. The minimum Gasteiger partial charge on any atom is -0.325 e. The Kier molecular flexibility index (Phi) is 4.82. The number of hydrogen-bond acceptors (Lipinski definition) is 2. The molecule has 0 bridgehead atoms. The zero-order valence-electron chi connectivity index (χ0n) is 14.7. The molecule has 1 aliphatic carbocycles. The van der Waals surface area contributed by atoms with E-state index in [9.17, 15) is 4.79 Å². The van der Waals surface area contributed by atoms with E-state index in [2.05, 4.69) is 21.6 Å². The summed E-state index contributed by atoms with van der Waals surface area (Å²) in [6, 6.07) is 16.0. The van der Waals surface area contributed by atoms with Crippen LogP contribution in [0.15, 0.2) is 48.5 Å². The van der Waals surface area contributed by atoms with E-state index in [0.29, 0.717) is 0 Å². The average Bonchev–Trinajstić information content (AvgIpc) is 3.11. The van der Waals surface area contributed by atoms with Gasteiger partial charge in [0.2, 0.25) is 5.91 Å². The molecule has 4 rings (SSSR count). The van der Waals surface area contributed by atoms with Gasteiger partial charge in [0.05, 0.1) is 11.2 Å². The second-order valence-corrected chi connectivity index (χ2v) is 6.90. The molecule has 1 aliphatic rings. The Morgan fingerprint density at radius 1 is 1.00 bits per heavy atom. The van der Waals surface area contributed by atoms with Gasteiger partial charge in [-0.05, 0) is 36.6 Å². The average molecular weight is 345 g/mol. The molecule has 4 heteroatoms. The first-order valence-electron chi connectivity index (χ1n) is 9.32. The number of para-hydroxylation sites is 2. The molecular weight excluding hydrogens is 322 g/mol. The first-order valence-corrected chi connectivity index (χ1v) is 9.32. The summed E-state index contributed by atoms with van der Waals surface area (Å²) in [5.41, 5.74) is 3.77. The zero-order chi connectivity index (χ0) is 17.8. The Morgan fingerprint density at radius 2 is 1.77 bits per heavy atom. The highest BCUT2D eigenvalue weighted by Crippen LogP contribution is 2.26. The van der Waals surface area contributed by atoms with Gasteiger partial charge < -0.3 is 5.32 Å². The van der Waals surface area contributed by atoms with Gasteiger partial charge in [-0.1, -0.05) is 61.7 Å². The summed E-state index contributed by atoms with van der Waals surface area (Å²) in [6.07, 6.45) is 9.58. The van der Waals surface area contributed by atoms with Crippen molar-refractivity contribution in [1.29, 1.82) is 0 Å². The molecule has 0 radical (unpaired) electrons. The van der Waals surface area contributed by atoms with Crippen molar-refractivity contribution in [2.45, 2.75) is 32.1 Å². The van der Waals surface area contributed by atoms with Crippen LogP contribution in [0.3, 0.4) is 0 Å². The van der Waals surface area contributed by atoms with E-state index < -0.39 is 0 Å². The second-order valence-electron chi connectivity index (χ2n) is 6.90. The van der Waals surface area contributed by atoms with Crippen LogP contribution < -0.4 is 5.32 Å². The highest BCUT2D eigenvalue weighted by Gasteiger charge is 2.21. The number of anilines is 1. The van der Waals surface area contributed by atoms with Crippen LogP contribution in [0.4, 0.5) is 5.69 Å². The standard InChI is InChI=1S/C22H23N3O/c26-22(17-9-2-1-3-10-17)23-19-12-6-4-8-16(19)14-15-21-18-11-5-7-13-20(18)24-25-21/h4-8,11-15,17H,1-3,9-10H2,(H,23,26)(H,24,25)/b15-14+. The molecule has 1 aromatic heterocycles. The molecule has 132 valence electrons. The molecule has 0 spiro atoms. The van der Waals surface area contributed by atoms with Crippen LogP contribution in [0.5, 0.6) is 0 Å². The number of nitrogens with zero attached hydrogens (tertiary/aromatic N) is 1. The molecule has 1 fully saturated rings. The van der Waals surface area contributed by atoms with E-state index in [1.807, 2.05) is 54.6 Å². The van der Waals surface area contributed by atoms with Crippen LogP contribution in [0.1, 0.15) is 43.4 Å². The van der Waals surface area contributed by atoms with Gasteiger partial charge in [0.1, 0.15) is 0 Å². The van der Waals surface area contributed by atoms with Crippen molar-refractivity contribution in [1.82, 2.24) is 10.2 Å². The summed E-state index contributed by atoms with van der Waals surface area (Å²) in [5, 5.41) is 11.6. The molecule has 3 aromatic rings. The molecule has 0 saturated heterocycles. The largest absolute Gasteiger partial charge is 0.325 e. The summed E-state index contributed by atoms with van der Waals surface area (Å²) >= 11 is 0. The molecule has 2 aromatic carbocycles. The lowest BCUT2D eigenvalue weighted by atomic mass is 9.88. The van der Waals surface area contributed by atoms with E-state index in [0.717, 1.165) is 53.5 Å². The van der Waals surface area contributed by atoms with Gasteiger partial charge in [-0.2, -0.15) is 5.10 Å². The van der Waals surface area contributed by atoms with Crippen LogP contribution in [-0.4, -0.2) is 16.1 Å². The number of aromatic amines is 1. The fraction of sp³-hybridized carbons (Fsp3) is 0.273. The number of amides is 1. The highest BCUT2D eigenvalue weighted by atomic mass is 16.1. The Labute approximate surface area is 153 Å². The molecule has 1 saturated carbocycles. The van der Waals surface area contributed by atoms with E-state index >= 15 is 0 Å². The summed E-state index contributed by atoms with van der Waals surface area (Å²) in [4.78, 5) is 12.6. The molecule has 2 N–H and O–H groups in total. The minimum atomic E-state index is 0.149. The Hall–Kier alpha value is -2.88. The van der Waals surface area contributed by atoms with Gasteiger partial charge in [0.15, 0.2) is 0 Å². The van der Waals surface area contributed by atoms with Crippen molar-refractivity contribution in [2.24, 2.45) is 5.92 Å². The third kappa shape index (κ3) is 3.54. The first kappa shape index (κ1) is 16.6. The molecule has 26 heavy (non-hydrogen) atoms. The number of H-pyrrole nitrogens is 1. The lowest BCUT2D eigenvalue weighted by molar-refractivity contribution is -0.120. The van der Waals surface area contributed by atoms with E-state index in [-0.39, 0.29) is 11.8 Å². The van der Waals surface area contributed by atoms with Gasteiger partial charge in [-0.25, -0.2) is 0 Å². The van der Waals surface area contributed by atoms with Crippen molar-refractivity contribution in [2.75, 3.05) is 5.32 Å². The lowest BCUT2D eigenvalue weighted by Gasteiger charge is -2.21. The topological polar surface area (TPSA) is 57.8 Å². The van der Waals surface area contributed by atoms with Gasteiger partial charge in [0.25, 0.3) is 0 Å². The fourth-order valence-electron chi connectivity index (χ4n) is 3.64. The molecule has 0 unspecified atom stereocenters. The third-order valence-electron chi connectivity index (χ3n) is 5.12. The summed E-state index contributed by atoms with van der Waals surface area (Å²) in [5.74, 6) is 0.298. The van der Waals surface area contributed by atoms with Gasteiger partial charge >= 0.3 is 0 Å². The maximum absolute atomic E-state index is 12.6. The summed E-state index contributed by atoms with van der Waals surface area (Å²) < 4.78 is 0. The van der Waals surface area contributed by atoms with Gasteiger partial charge in [-0.15, -0.1) is 0 Å². The number of carbonyl (C=O) groups excluding carboxylic acids is 1. The predicted molar refractivity (Wildman–Crippen MR) is 107 cm³/mol. The van der Waals surface area contributed by atoms with Crippen molar-refractivity contribution in [3.8, 4) is 0 Å². The number of aromatic nitrogens is 2. The summed E-state index contributed by atoms with van der Waals surface area (Å²) in [6.45, 7) is 0. The number of benzene rings is 2. The molecule has 1 amide bonds. The van der Waals surface area contributed by atoms with E-state index in [1.54, 1.807) is 0 Å². The SMILES string of the molecule is O=C(Nc1ccccc1/C=C/c1n[nH]c2ccccc12)C1CCCCC1. The van der Waals surface area contributed by atoms with Crippen LogP contribution in [0, 0.1) is 5.92 Å². The van der Waals surface area contributed by atoms with E-state index in [4.69, 9.17) is 0 Å². The van der Waals surface area contributed by atoms with Crippen LogP contribution in [-0.2, 0) is 4.79 Å². The quantitative estimate of drug-likeness (QED) is 0.678. The van der Waals surface area contributed by atoms with Crippen molar-refractivity contribution in [3.63, 3.8) is 0 Å². The maximum atomic E-state index is 12.6. The second kappa shape index (κ2) is 7.56. The van der Waals surface area contributed by atoms with Crippen molar-refractivity contribution < 1.29 is 4.79 Å². The molecule has 0 aliphatic heterocycles. The highest BCUT2D eigenvalue weighted by molar-refractivity contribution is 5.96. The predicted octanol–water partition coefficient (Wildman–Crippen LogP) is 5.25. The number of rotatable bonds is 4. The van der Waals surface area contributed by atoms with Crippen molar-refractivity contribution in [3.05, 3.63) is 59.8 Å². The monoisotopic (exact) mass is 345 g/mol. The summed E-state index contributed by atoms with van der Waals surface area (Å²) in [7, 11) is 0. The smallest absolute Gasteiger partial charge is 0.227 e. The Balaban J connectivity index is 1.54. The number of nitrogens with one attached hydrogen (secondary N) is 2. The Bertz CT molecular complexity index is 935. The lowest BCUT2D eigenvalue weighted by Crippen LogP contribution is -2.25. The zero-order valence-corrected chi connectivity index (χ0v) is 14.7. The van der Waals surface area contributed by atoms with Gasteiger partial charge in [-0.3, -0.25) is 9.89 Å². The van der Waals surface area contributed by atoms with Crippen LogP contribution >= 0.6 is 0 Å². The van der Waals surface area contributed by atoms with E-state index in [1.165, 1.54) is 6.42 Å². The van der Waals surface area contributed by atoms with Crippen LogP contribution in [0.2, 0.25) is 0 Å².